The van der Waals surface area contributed by atoms with Crippen LogP contribution >= 0.6 is 11.6 Å². The van der Waals surface area contributed by atoms with Gasteiger partial charge in [0.05, 0.1) is 6.61 Å². The van der Waals surface area contributed by atoms with E-state index in [1.54, 1.807) is 7.11 Å². The monoisotopic (exact) mass is 249 g/mol. The molecule has 0 aliphatic heterocycles. The van der Waals surface area contributed by atoms with Crippen molar-refractivity contribution in [2.45, 2.75) is 13.5 Å². The summed E-state index contributed by atoms with van der Waals surface area (Å²) in [5, 5.41) is 0.764. The highest BCUT2D eigenvalue weighted by Crippen LogP contribution is 2.24. The molecular weight excluding hydrogens is 234 g/mol. The van der Waals surface area contributed by atoms with Crippen molar-refractivity contribution in [1.82, 2.24) is 4.57 Å². The quantitative estimate of drug-likeness (QED) is 0.805. The minimum Gasteiger partial charge on any atom is -0.383 e. The van der Waals surface area contributed by atoms with Crippen LogP contribution in [-0.4, -0.2) is 18.3 Å². The molecule has 0 saturated carbocycles. The Labute approximate surface area is 107 Å². The molecule has 17 heavy (non-hydrogen) atoms. The van der Waals surface area contributed by atoms with Crippen LogP contribution in [-0.2, 0) is 11.3 Å². The van der Waals surface area contributed by atoms with E-state index in [0.29, 0.717) is 0 Å². The van der Waals surface area contributed by atoms with Crippen LogP contribution in [0.2, 0.25) is 5.02 Å². The smallest absolute Gasteiger partial charge is 0.0642 e. The van der Waals surface area contributed by atoms with Crippen LogP contribution in [0.4, 0.5) is 0 Å². The van der Waals surface area contributed by atoms with Crippen molar-refractivity contribution in [2.75, 3.05) is 13.7 Å². The number of halogens is 1. The Morgan fingerprint density at radius 1 is 1.12 bits per heavy atom. The molecule has 0 atom stereocenters. The first kappa shape index (κ1) is 12.2. The highest BCUT2D eigenvalue weighted by molar-refractivity contribution is 6.30. The van der Waals surface area contributed by atoms with E-state index in [1.807, 2.05) is 24.3 Å². The first-order chi connectivity index (χ1) is 8.22. The summed E-state index contributed by atoms with van der Waals surface area (Å²) in [5.41, 5.74) is 3.63. The van der Waals surface area contributed by atoms with Gasteiger partial charge in [0.1, 0.15) is 0 Å². The van der Waals surface area contributed by atoms with Gasteiger partial charge in [-0.15, -0.1) is 0 Å². The Hall–Kier alpha value is -1.25. The molecule has 1 aromatic heterocycles. The van der Waals surface area contributed by atoms with Gasteiger partial charge in [0.25, 0.3) is 0 Å². The van der Waals surface area contributed by atoms with Crippen LogP contribution in [0, 0.1) is 6.92 Å². The van der Waals surface area contributed by atoms with E-state index in [1.165, 1.54) is 17.0 Å². The SMILES string of the molecule is COCCn1c(C)ccc1-c1ccc(Cl)cc1. The average molecular weight is 250 g/mol. The molecule has 0 N–H and O–H groups in total. The fourth-order valence-corrected chi connectivity index (χ4v) is 2.05. The minimum atomic E-state index is 0.718. The fourth-order valence-electron chi connectivity index (χ4n) is 1.92. The van der Waals surface area contributed by atoms with Crippen molar-refractivity contribution in [3.05, 3.63) is 47.1 Å². The second kappa shape index (κ2) is 5.39. The van der Waals surface area contributed by atoms with Gasteiger partial charge < -0.3 is 9.30 Å². The third kappa shape index (κ3) is 2.71. The van der Waals surface area contributed by atoms with Gasteiger partial charge in [-0.05, 0) is 36.8 Å². The normalized spacial score (nSPS) is 10.8. The summed E-state index contributed by atoms with van der Waals surface area (Å²) in [6, 6.07) is 12.2. The van der Waals surface area contributed by atoms with E-state index < -0.39 is 0 Å². The number of benzene rings is 1. The van der Waals surface area contributed by atoms with Gasteiger partial charge in [0.2, 0.25) is 0 Å². The molecule has 0 radical (unpaired) electrons. The average Bonchev–Trinajstić information content (AvgIpc) is 2.69. The first-order valence-corrected chi connectivity index (χ1v) is 6.01. The van der Waals surface area contributed by atoms with Crippen LogP contribution in [0.25, 0.3) is 11.3 Å². The third-order valence-electron chi connectivity index (χ3n) is 2.86. The van der Waals surface area contributed by atoms with E-state index in [9.17, 15) is 0 Å². The summed E-state index contributed by atoms with van der Waals surface area (Å²) in [6.07, 6.45) is 0. The molecule has 0 aliphatic carbocycles. The van der Waals surface area contributed by atoms with Gasteiger partial charge in [-0.3, -0.25) is 0 Å². The Morgan fingerprint density at radius 3 is 2.47 bits per heavy atom. The van der Waals surface area contributed by atoms with Crippen molar-refractivity contribution in [1.29, 1.82) is 0 Å². The molecule has 0 fully saturated rings. The van der Waals surface area contributed by atoms with E-state index in [2.05, 4.69) is 23.6 Å². The van der Waals surface area contributed by atoms with Crippen LogP contribution in [0.15, 0.2) is 36.4 Å². The Kier molecular flexibility index (Phi) is 3.87. The highest BCUT2D eigenvalue weighted by atomic mass is 35.5. The van der Waals surface area contributed by atoms with E-state index in [-0.39, 0.29) is 0 Å². The maximum absolute atomic E-state index is 5.90. The molecule has 0 spiro atoms. The summed E-state index contributed by atoms with van der Waals surface area (Å²) < 4.78 is 7.39. The fraction of sp³-hybridized carbons (Fsp3) is 0.286. The van der Waals surface area contributed by atoms with Crippen LogP contribution < -0.4 is 0 Å². The first-order valence-electron chi connectivity index (χ1n) is 5.63. The number of hydrogen-bond donors (Lipinski definition) is 0. The zero-order valence-corrected chi connectivity index (χ0v) is 10.9. The van der Waals surface area contributed by atoms with E-state index in [4.69, 9.17) is 16.3 Å². The lowest BCUT2D eigenvalue weighted by Crippen LogP contribution is -2.07. The zero-order chi connectivity index (χ0) is 12.3. The standard InChI is InChI=1S/C14H16ClNO/c1-11-3-8-14(16(11)9-10-17-2)12-4-6-13(15)7-5-12/h3-8H,9-10H2,1-2H3. The number of aromatic nitrogens is 1. The van der Waals surface area contributed by atoms with Crippen LogP contribution in [0.3, 0.4) is 0 Å². The number of hydrogen-bond acceptors (Lipinski definition) is 1. The van der Waals surface area contributed by atoms with Gasteiger partial charge in [0.15, 0.2) is 0 Å². The van der Waals surface area contributed by atoms with Crippen molar-refractivity contribution >= 4 is 11.6 Å². The largest absolute Gasteiger partial charge is 0.383 e. The van der Waals surface area contributed by atoms with Crippen LogP contribution in [0.5, 0.6) is 0 Å². The molecule has 2 nitrogen and oxygen atoms in total. The molecule has 2 aromatic rings. The summed E-state index contributed by atoms with van der Waals surface area (Å²) in [5.74, 6) is 0. The molecule has 1 aromatic carbocycles. The van der Waals surface area contributed by atoms with Crippen molar-refractivity contribution < 1.29 is 4.74 Å². The van der Waals surface area contributed by atoms with E-state index in [0.717, 1.165) is 18.2 Å². The van der Waals surface area contributed by atoms with Gasteiger partial charge >= 0.3 is 0 Å². The molecule has 2 rings (SSSR count). The number of rotatable bonds is 4. The molecule has 0 amide bonds. The lowest BCUT2D eigenvalue weighted by Gasteiger charge is -2.11. The van der Waals surface area contributed by atoms with Gasteiger partial charge in [-0.1, -0.05) is 23.7 Å². The number of methoxy groups -OCH3 is 1. The third-order valence-corrected chi connectivity index (χ3v) is 3.11. The number of ether oxygens (including phenoxy) is 1. The molecule has 3 heteroatoms. The molecular formula is C14H16ClNO. The molecule has 0 aliphatic rings. The van der Waals surface area contributed by atoms with Gasteiger partial charge in [0, 0.05) is 30.1 Å². The maximum Gasteiger partial charge on any atom is 0.0642 e. The van der Waals surface area contributed by atoms with Crippen LogP contribution in [0.1, 0.15) is 5.69 Å². The molecule has 0 saturated heterocycles. The van der Waals surface area contributed by atoms with Crippen molar-refractivity contribution in [3.8, 4) is 11.3 Å². The molecule has 0 unspecified atom stereocenters. The lowest BCUT2D eigenvalue weighted by molar-refractivity contribution is 0.187. The Balaban J connectivity index is 2.34. The molecule has 1 heterocycles. The predicted molar refractivity (Wildman–Crippen MR) is 71.5 cm³/mol. The summed E-state index contributed by atoms with van der Waals surface area (Å²) in [4.78, 5) is 0. The Morgan fingerprint density at radius 2 is 1.82 bits per heavy atom. The number of nitrogens with zero attached hydrogens (tertiary/aromatic N) is 1. The van der Waals surface area contributed by atoms with Crippen molar-refractivity contribution in [3.63, 3.8) is 0 Å². The summed E-state index contributed by atoms with van der Waals surface area (Å²) >= 11 is 5.90. The summed E-state index contributed by atoms with van der Waals surface area (Å²) in [7, 11) is 1.72. The second-order valence-corrected chi connectivity index (χ2v) is 4.45. The highest BCUT2D eigenvalue weighted by Gasteiger charge is 2.06. The second-order valence-electron chi connectivity index (χ2n) is 4.01. The number of aryl methyl sites for hydroxylation is 1. The minimum absolute atomic E-state index is 0.718. The van der Waals surface area contributed by atoms with Gasteiger partial charge in [-0.2, -0.15) is 0 Å². The van der Waals surface area contributed by atoms with E-state index >= 15 is 0 Å². The molecule has 90 valence electrons. The summed E-state index contributed by atoms with van der Waals surface area (Å²) in [6.45, 7) is 3.69. The Bertz CT molecular complexity index is 487. The topological polar surface area (TPSA) is 14.2 Å². The lowest BCUT2D eigenvalue weighted by atomic mass is 10.1. The van der Waals surface area contributed by atoms with Gasteiger partial charge in [-0.25, -0.2) is 0 Å². The maximum atomic E-state index is 5.90. The molecule has 0 bridgehead atoms. The van der Waals surface area contributed by atoms with Crippen molar-refractivity contribution in [2.24, 2.45) is 0 Å². The predicted octanol–water partition coefficient (Wildman–Crippen LogP) is 3.76. The zero-order valence-electron chi connectivity index (χ0n) is 10.1.